The second kappa shape index (κ2) is 5.83. The molecule has 1 amide bonds. The van der Waals surface area contributed by atoms with Crippen LogP contribution in [0.25, 0.3) is 0 Å². The van der Waals surface area contributed by atoms with Crippen molar-refractivity contribution >= 4 is 11.9 Å². The molecule has 2 aromatic rings. The van der Waals surface area contributed by atoms with E-state index in [2.05, 4.69) is 17.2 Å². The Morgan fingerprint density at radius 2 is 1.96 bits per heavy atom. The highest BCUT2D eigenvalue weighted by molar-refractivity contribution is 5.96. The summed E-state index contributed by atoms with van der Waals surface area (Å²) in [5.41, 5.74) is 2.67. The Balaban J connectivity index is 1.69. The molecule has 0 saturated heterocycles. The highest BCUT2D eigenvalue weighted by Crippen LogP contribution is 2.48. The molecule has 1 aliphatic rings. The lowest BCUT2D eigenvalue weighted by Crippen LogP contribution is -2.25. The molecule has 3 rings (SSSR count). The predicted octanol–water partition coefficient (Wildman–Crippen LogP) is 2.76. The van der Waals surface area contributed by atoms with Gasteiger partial charge in [-0.25, -0.2) is 4.79 Å². The fourth-order valence-corrected chi connectivity index (χ4v) is 2.59. The number of amides is 1. The van der Waals surface area contributed by atoms with E-state index in [1.165, 1.54) is 12.3 Å². The summed E-state index contributed by atoms with van der Waals surface area (Å²) < 4.78 is 0. The van der Waals surface area contributed by atoms with E-state index in [0.29, 0.717) is 11.3 Å². The van der Waals surface area contributed by atoms with Gasteiger partial charge in [0, 0.05) is 11.8 Å². The van der Waals surface area contributed by atoms with Crippen molar-refractivity contribution in [2.45, 2.75) is 31.7 Å². The molecule has 0 unspecified atom stereocenters. The first kappa shape index (κ1) is 15.2. The first-order valence-corrected chi connectivity index (χ1v) is 7.55. The Hall–Kier alpha value is -2.69. The van der Waals surface area contributed by atoms with Crippen molar-refractivity contribution in [3.63, 3.8) is 0 Å². The summed E-state index contributed by atoms with van der Waals surface area (Å²) in [6, 6.07) is 10.8. The van der Waals surface area contributed by atoms with Gasteiger partial charge in [0.15, 0.2) is 0 Å². The molecule has 1 aromatic heterocycles. The minimum atomic E-state index is -1.01. The quantitative estimate of drug-likeness (QED) is 0.890. The molecule has 1 aliphatic carbocycles. The van der Waals surface area contributed by atoms with Crippen LogP contribution in [0.3, 0.4) is 0 Å². The lowest BCUT2D eigenvalue weighted by atomic mass is 9.93. The maximum absolute atomic E-state index is 12.5. The molecule has 2 N–H and O–H groups in total. The van der Waals surface area contributed by atoms with Crippen LogP contribution in [0.2, 0.25) is 0 Å². The second-order valence-corrected chi connectivity index (χ2v) is 6.13. The number of nitrogens with one attached hydrogen (secondary N) is 1. The van der Waals surface area contributed by atoms with E-state index in [-0.39, 0.29) is 23.4 Å². The van der Waals surface area contributed by atoms with E-state index in [1.54, 1.807) is 6.07 Å². The number of nitrogens with zero attached hydrogens (tertiary/aromatic N) is 1. The number of benzene rings is 1. The Labute approximate surface area is 134 Å². The van der Waals surface area contributed by atoms with Crippen molar-refractivity contribution in [2.75, 3.05) is 0 Å². The fourth-order valence-electron chi connectivity index (χ4n) is 2.59. The summed E-state index contributed by atoms with van der Waals surface area (Å²) in [5.74, 6) is -1.14. The number of pyridine rings is 1. The standard InChI is InChI=1S/C18H18N2O3/c1-18(8-9-18)15-5-3-2-4-14(15)16(21)20-11-13-7-6-12(10-19-13)17(22)23/h2-7,10H,8-9,11H2,1H3,(H,20,21)(H,22,23). The number of hydrogen-bond acceptors (Lipinski definition) is 3. The smallest absolute Gasteiger partial charge is 0.337 e. The number of carbonyl (C=O) groups excluding carboxylic acids is 1. The average molecular weight is 310 g/mol. The minimum Gasteiger partial charge on any atom is -0.478 e. The van der Waals surface area contributed by atoms with Crippen LogP contribution >= 0.6 is 0 Å². The first-order valence-electron chi connectivity index (χ1n) is 7.55. The van der Waals surface area contributed by atoms with Gasteiger partial charge in [0.2, 0.25) is 0 Å². The summed E-state index contributed by atoms with van der Waals surface area (Å²) in [4.78, 5) is 27.3. The van der Waals surface area contributed by atoms with Crippen LogP contribution < -0.4 is 5.32 Å². The Bertz CT molecular complexity index is 749. The van der Waals surface area contributed by atoms with E-state index in [0.717, 1.165) is 18.4 Å². The van der Waals surface area contributed by atoms with Crippen LogP contribution in [0.5, 0.6) is 0 Å². The van der Waals surface area contributed by atoms with Crippen molar-refractivity contribution in [1.29, 1.82) is 0 Å². The Morgan fingerprint density at radius 3 is 2.57 bits per heavy atom. The molecule has 1 heterocycles. The zero-order valence-corrected chi connectivity index (χ0v) is 12.9. The summed E-state index contributed by atoms with van der Waals surface area (Å²) in [6.45, 7) is 2.44. The molecule has 1 fully saturated rings. The molecule has 23 heavy (non-hydrogen) atoms. The van der Waals surface area contributed by atoms with E-state index >= 15 is 0 Å². The van der Waals surface area contributed by atoms with Gasteiger partial charge in [0.1, 0.15) is 0 Å². The molecule has 1 aromatic carbocycles. The molecular formula is C18H18N2O3. The SMILES string of the molecule is CC1(c2ccccc2C(=O)NCc2ccc(C(=O)O)cn2)CC1. The third-order valence-electron chi connectivity index (χ3n) is 4.32. The third-order valence-corrected chi connectivity index (χ3v) is 4.32. The number of hydrogen-bond donors (Lipinski definition) is 2. The number of aromatic carboxylic acids is 1. The molecule has 0 aliphatic heterocycles. The zero-order valence-electron chi connectivity index (χ0n) is 12.9. The van der Waals surface area contributed by atoms with Crippen LogP contribution in [0.15, 0.2) is 42.6 Å². The highest BCUT2D eigenvalue weighted by Gasteiger charge is 2.41. The molecule has 0 radical (unpaired) electrons. The number of carboxylic acid groups (broad SMARTS) is 1. The summed E-state index contributed by atoms with van der Waals surface area (Å²) >= 11 is 0. The van der Waals surface area contributed by atoms with Crippen LogP contribution in [-0.2, 0) is 12.0 Å². The number of carboxylic acids is 1. The zero-order chi connectivity index (χ0) is 16.4. The van der Waals surface area contributed by atoms with Crippen LogP contribution in [0.4, 0.5) is 0 Å². The van der Waals surface area contributed by atoms with Gasteiger partial charge in [-0.15, -0.1) is 0 Å². The number of aromatic nitrogens is 1. The van der Waals surface area contributed by atoms with E-state index < -0.39 is 5.97 Å². The summed E-state index contributed by atoms with van der Waals surface area (Å²) in [5, 5.41) is 11.7. The van der Waals surface area contributed by atoms with E-state index in [1.807, 2.05) is 24.3 Å². The van der Waals surface area contributed by atoms with Gasteiger partial charge in [0.25, 0.3) is 5.91 Å². The molecule has 0 spiro atoms. The number of carbonyl (C=O) groups is 2. The van der Waals surface area contributed by atoms with E-state index in [9.17, 15) is 9.59 Å². The lowest BCUT2D eigenvalue weighted by molar-refractivity contribution is 0.0696. The van der Waals surface area contributed by atoms with Gasteiger partial charge in [-0.2, -0.15) is 0 Å². The normalized spacial score (nSPS) is 15.0. The van der Waals surface area contributed by atoms with Gasteiger partial charge in [-0.3, -0.25) is 9.78 Å². The predicted molar refractivity (Wildman–Crippen MR) is 85.4 cm³/mol. The van der Waals surface area contributed by atoms with Crippen molar-refractivity contribution in [2.24, 2.45) is 0 Å². The second-order valence-electron chi connectivity index (χ2n) is 6.13. The summed E-state index contributed by atoms with van der Waals surface area (Å²) in [7, 11) is 0. The highest BCUT2D eigenvalue weighted by atomic mass is 16.4. The average Bonchev–Trinajstić information content (AvgIpc) is 3.32. The van der Waals surface area contributed by atoms with Gasteiger partial charge < -0.3 is 10.4 Å². The van der Waals surface area contributed by atoms with E-state index in [4.69, 9.17) is 5.11 Å². The maximum Gasteiger partial charge on any atom is 0.337 e. The summed E-state index contributed by atoms with van der Waals surface area (Å²) in [6.07, 6.45) is 3.51. The fraction of sp³-hybridized carbons (Fsp3) is 0.278. The first-order chi connectivity index (χ1) is 11.0. The van der Waals surface area contributed by atoms with Crippen molar-refractivity contribution in [3.05, 3.63) is 65.0 Å². The largest absolute Gasteiger partial charge is 0.478 e. The molecule has 0 atom stereocenters. The van der Waals surface area contributed by atoms with Crippen molar-refractivity contribution in [1.82, 2.24) is 10.3 Å². The molecule has 5 heteroatoms. The molecule has 118 valence electrons. The van der Waals surface area contributed by atoms with Crippen LogP contribution in [0, 0.1) is 0 Å². The maximum atomic E-state index is 12.5. The Kier molecular flexibility index (Phi) is 3.86. The molecule has 5 nitrogen and oxygen atoms in total. The topological polar surface area (TPSA) is 79.3 Å². The monoisotopic (exact) mass is 310 g/mol. The van der Waals surface area contributed by atoms with Crippen LogP contribution in [0.1, 0.15) is 51.7 Å². The molecular weight excluding hydrogens is 292 g/mol. The van der Waals surface area contributed by atoms with Crippen molar-refractivity contribution in [3.8, 4) is 0 Å². The van der Waals surface area contributed by atoms with Gasteiger partial charge >= 0.3 is 5.97 Å². The lowest BCUT2D eigenvalue weighted by Gasteiger charge is -2.14. The Morgan fingerprint density at radius 1 is 1.22 bits per heavy atom. The molecule has 1 saturated carbocycles. The number of rotatable bonds is 5. The van der Waals surface area contributed by atoms with Gasteiger partial charge in [-0.1, -0.05) is 25.1 Å². The van der Waals surface area contributed by atoms with Gasteiger partial charge in [-0.05, 0) is 42.0 Å². The minimum absolute atomic E-state index is 0.120. The third kappa shape index (κ3) is 3.23. The van der Waals surface area contributed by atoms with Crippen molar-refractivity contribution < 1.29 is 14.7 Å². The van der Waals surface area contributed by atoms with Gasteiger partial charge in [0.05, 0.1) is 17.8 Å². The van der Waals surface area contributed by atoms with Crippen LogP contribution in [-0.4, -0.2) is 22.0 Å². The molecule has 0 bridgehead atoms.